The molecule has 0 unspecified atom stereocenters. The molecule has 0 fully saturated rings. The first-order valence-corrected chi connectivity index (χ1v) is 7.86. The molecule has 0 spiro atoms. The van der Waals surface area contributed by atoms with Gasteiger partial charge in [0.05, 0.1) is 0 Å². The lowest BCUT2D eigenvalue weighted by atomic mass is 9.92. The molecule has 0 N–H and O–H groups in total. The van der Waals surface area contributed by atoms with E-state index in [2.05, 4.69) is 95.8 Å². The molecule has 0 amide bonds. The van der Waals surface area contributed by atoms with E-state index in [1.165, 1.54) is 33.0 Å². The second-order valence-electron chi connectivity index (χ2n) is 5.83. The Hall–Kier alpha value is -2.93. The zero-order chi connectivity index (χ0) is 15.6. The van der Waals surface area contributed by atoms with E-state index in [0.717, 1.165) is 0 Å². The fraction of sp³-hybridized carbons (Fsp3) is 0.0455. The van der Waals surface area contributed by atoms with Crippen molar-refractivity contribution in [1.82, 2.24) is 0 Å². The van der Waals surface area contributed by atoms with Crippen LogP contribution in [0.5, 0.6) is 0 Å². The lowest BCUT2D eigenvalue weighted by molar-refractivity contribution is -0.671. The summed E-state index contributed by atoms with van der Waals surface area (Å²) in [6, 6.07) is 28.0. The second kappa shape index (κ2) is 5.69. The van der Waals surface area contributed by atoms with Gasteiger partial charge in [-0.2, -0.15) is 0 Å². The molecule has 0 atom stereocenters. The van der Waals surface area contributed by atoms with Gasteiger partial charge in [-0.25, -0.2) is 4.57 Å². The Balaban J connectivity index is 2.04. The minimum atomic E-state index is 1.25. The number of fused-ring (bicyclic) bond motifs is 1. The van der Waals surface area contributed by atoms with Gasteiger partial charge in [0, 0.05) is 12.1 Å². The molecule has 1 nitrogen and oxygen atoms in total. The number of aromatic nitrogens is 1. The quantitative estimate of drug-likeness (QED) is 0.458. The fourth-order valence-corrected chi connectivity index (χ4v) is 3.12. The molecular formula is C22H18N+. The van der Waals surface area contributed by atoms with Gasteiger partial charge in [0.2, 0.25) is 0 Å². The summed E-state index contributed by atoms with van der Waals surface area (Å²) in [5.41, 5.74) is 5.07. The van der Waals surface area contributed by atoms with Crippen LogP contribution in [0.3, 0.4) is 0 Å². The molecule has 0 saturated heterocycles. The van der Waals surface area contributed by atoms with Crippen molar-refractivity contribution in [3.8, 4) is 22.3 Å². The normalized spacial score (nSPS) is 10.8. The fourth-order valence-electron chi connectivity index (χ4n) is 3.12. The van der Waals surface area contributed by atoms with E-state index in [1.54, 1.807) is 0 Å². The SMILES string of the molecule is C[n+]1ccc(-c2cccc3cccc(-c4ccccc4)c23)cc1. The van der Waals surface area contributed by atoms with Crippen LogP contribution in [0.25, 0.3) is 33.0 Å². The first-order chi connectivity index (χ1) is 11.3. The smallest absolute Gasteiger partial charge is 0.169 e. The number of aryl methyl sites for hydroxylation is 1. The van der Waals surface area contributed by atoms with Crippen molar-refractivity contribution >= 4 is 10.8 Å². The highest BCUT2D eigenvalue weighted by Crippen LogP contribution is 2.35. The van der Waals surface area contributed by atoms with E-state index < -0.39 is 0 Å². The summed E-state index contributed by atoms with van der Waals surface area (Å²) in [4.78, 5) is 0. The lowest BCUT2D eigenvalue weighted by Crippen LogP contribution is -2.25. The standard InChI is InChI=1S/C22H18N/c1-23-15-13-18(14-16-23)21-12-6-10-19-9-5-11-20(22(19)21)17-7-3-2-4-8-17/h2-16H,1H3/q+1. The average Bonchev–Trinajstić information content (AvgIpc) is 2.62. The van der Waals surface area contributed by atoms with Gasteiger partial charge in [-0.15, -0.1) is 0 Å². The van der Waals surface area contributed by atoms with E-state index in [0.29, 0.717) is 0 Å². The number of pyridine rings is 1. The van der Waals surface area contributed by atoms with Crippen LogP contribution in [-0.4, -0.2) is 0 Å². The Morgan fingerprint density at radius 1 is 0.565 bits per heavy atom. The van der Waals surface area contributed by atoms with Crippen LogP contribution in [-0.2, 0) is 7.05 Å². The predicted octanol–water partition coefficient (Wildman–Crippen LogP) is 5.00. The van der Waals surface area contributed by atoms with Crippen molar-refractivity contribution in [2.45, 2.75) is 0 Å². The number of benzene rings is 3. The van der Waals surface area contributed by atoms with Crippen molar-refractivity contribution in [2.24, 2.45) is 7.05 Å². The first-order valence-electron chi connectivity index (χ1n) is 7.86. The highest BCUT2D eigenvalue weighted by Gasteiger charge is 2.10. The lowest BCUT2D eigenvalue weighted by Gasteiger charge is -2.12. The Bertz CT molecular complexity index is 949. The minimum Gasteiger partial charge on any atom is -0.208 e. The molecule has 110 valence electrons. The van der Waals surface area contributed by atoms with E-state index in [9.17, 15) is 0 Å². The topological polar surface area (TPSA) is 3.88 Å². The molecule has 1 heterocycles. The maximum absolute atomic E-state index is 2.21. The highest BCUT2D eigenvalue weighted by molar-refractivity contribution is 6.06. The molecular weight excluding hydrogens is 278 g/mol. The molecule has 0 saturated carbocycles. The molecule has 1 heteroatoms. The maximum atomic E-state index is 2.21. The maximum Gasteiger partial charge on any atom is 0.169 e. The molecule has 1 aromatic heterocycles. The van der Waals surface area contributed by atoms with E-state index in [4.69, 9.17) is 0 Å². The van der Waals surface area contributed by atoms with Gasteiger partial charge in [-0.05, 0) is 33.0 Å². The summed E-state index contributed by atoms with van der Waals surface area (Å²) in [6.45, 7) is 0. The van der Waals surface area contributed by atoms with Crippen molar-refractivity contribution < 1.29 is 4.57 Å². The van der Waals surface area contributed by atoms with Gasteiger partial charge in [-0.1, -0.05) is 66.7 Å². The second-order valence-corrected chi connectivity index (χ2v) is 5.83. The Morgan fingerprint density at radius 3 is 1.74 bits per heavy atom. The molecule has 23 heavy (non-hydrogen) atoms. The third-order valence-corrected chi connectivity index (χ3v) is 4.28. The zero-order valence-corrected chi connectivity index (χ0v) is 13.1. The van der Waals surface area contributed by atoms with Crippen LogP contribution < -0.4 is 4.57 Å². The zero-order valence-electron chi connectivity index (χ0n) is 13.1. The molecule has 3 aromatic carbocycles. The summed E-state index contributed by atoms with van der Waals surface area (Å²) in [5, 5.41) is 2.59. The summed E-state index contributed by atoms with van der Waals surface area (Å²) < 4.78 is 2.06. The summed E-state index contributed by atoms with van der Waals surface area (Å²) >= 11 is 0. The third-order valence-electron chi connectivity index (χ3n) is 4.28. The Kier molecular flexibility index (Phi) is 3.39. The summed E-state index contributed by atoms with van der Waals surface area (Å²) in [6.07, 6.45) is 4.19. The summed E-state index contributed by atoms with van der Waals surface area (Å²) in [7, 11) is 2.04. The molecule has 4 rings (SSSR count). The van der Waals surface area contributed by atoms with Crippen molar-refractivity contribution in [1.29, 1.82) is 0 Å². The minimum absolute atomic E-state index is 1.25. The number of rotatable bonds is 2. The van der Waals surface area contributed by atoms with Gasteiger partial charge < -0.3 is 0 Å². The van der Waals surface area contributed by atoms with E-state index >= 15 is 0 Å². The predicted molar refractivity (Wildman–Crippen MR) is 96.0 cm³/mol. The van der Waals surface area contributed by atoms with Crippen molar-refractivity contribution in [3.63, 3.8) is 0 Å². The van der Waals surface area contributed by atoms with Crippen LogP contribution in [0.1, 0.15) is 0 Å². The molecule has 0 aliphatic heterocycles. The number of hydrogen-bond acceptors (Lipinski definition) is 0. The number of hydrogen-bond donors (Lipinski definition) is 0. The molecule has 0 bridgehead atoms. The van der Waals surface area contributed by atoms with Gasteiger partial charge in [0.15, 0.2) is 12.4 Å². The average molecular weight is 296 g/mol. The van der Waals surface area contributed by atoms with Gasteiger partial charge in [0.1, 0.15) is 7.05 Å². The summed E-state index contributed by atoms with van der Waals surface area (Å²) in [5.74, 6) is 0. The third kappa shape index (κ3) is 2.51. The molecule has 4 aromatic rings. The molecule has 0 aliphatic carbocycles. The monoisotopic (exact) mass is 296 g/mol. The van der Waals surface area contributed by atoms with Crippen molar-refractivity contribution in [3.05, 3.63) is 91.3 Å². The Morgan fingerprint density at radius 2 is 1.13 bits per heavy atom. The van der Waals surface area contributed by atoms with Gasteiger partial charge >= 0.3 is 0 Å². The van der Waals surface area contributed by atoms with E-state index in [-0.39, 0.29) is 0 Å². The highest BCUT2D eigenvalue weighted by atomic mass is 14.9. The molecule has 0 aliphatic rings. The first kappa shape index (κ1) is 13.7. The van der Waals surface area contributed by atoms with Crippen LogP contribution in [0.2, 0.25) is 0 Å². The molecule has 0 radical (unpaired) electrons. The largest absolute Gasteiger partial charge is 0.208 e. The van der Waals surface area contributed by atoms with Crippen LogP contribution in [0.15, 0.2) is 91.3 Å². The van der Waals surface area contributed by atoms with Gasteiger partial charge in [0.25, 0.3) is 0 Å². The number of nitrogens with zero attached hydrogens (tertiary/aromatic N) is 1. The van der Waals surface area contributed by atoms with Gasteiger partial charge in [-0.3, -0.25) is 0 Å². The van der Waals surface area contributed by atoms with Crippen LogP contribution in [0.4, 0.5) is 0 Å². The van der Waals surface area contributed by atoms with Crippen LogP contribution in [0, 0.1) is 0 Å². The van der Waals surface area contributed by atoms with E-state index in [1.807, 2.05) is 7.05 Å². The Labute approximate surface area is 136 Å². The van der Waals surface area contributed by atoms with Crippen molar-refractivity contribution in [2.75, 3.05) is 0 Å². The van der Waals surface area contributed by atoms with Crippen LogP contribution >= 0.6 is 0 Å².